The molecule has 0 bridgehead atoms. The average Bonchev–Trinajstić information content (AvgIpc) is 2.73. The molecule has 1 unspecified atom stereocenters. The topological polar surface area (TPSA) is 3.24 Å². The maximum absolute atomic E-state index is 2.49. The summed E-state index contributed by atoms with van der Waals surface area (Å²) in [6.07, 6.45) is 33.8. The zero-order chi connectivity index (χ0) is 23.4. The highest BCUT2D eigenvalue weighted by molar-refractivity contribution is 4.56. The normalized spacial score (nSPS) is 12.1. The van der Waals surface area contributed by atoms with E-state index in [-0.39, 0.29) is 0 Å². The summed E-state index contributed by atoms with van der Waals surface area (Å²) in [5, 5.41) is 0. The molecule has 0 N–H and O–H groups in total. The summed E-state index contributed by atoms with van der Waals surface area (Å²) in [7, 11) is 6.00. The molecule has 0 spiro atoms. The van der Waals surface area contributed by atoms with Crippen LogP contribution in [0, 0.1) is 5.92 Å². The van der Waals surface area contributed by atoms with Gasteiger partial charge in [0.25, 0.3) is 0 Å². The third kappa shape index (κ3) is 37.6. The molecule has 0 aromatic heterocycles. The van der Waals surface area contributed by atoms with E-state index in [0.717, 1.165) is 5.92 Å². The lowest BCUT2D eigenvalue weighted by atomic mass is 9.95. The van der Waals surface area contributed by atoms with Crippen LogP contribution in [0.25, 0.3) is 0 Å². The van der Waals surface area contributed by atoms with E-state index in [4.69, 9.17) is 0 Å². The van der Waals surface area contributed by atoms with Crippen molar-refractivity contribution in [2.45, 2.75) is 168 Å². The Bertz CT molecular complexity index is 283. The molecule has 0 saturated heterocycles. The Balaban J connectivity index is 0. The first-order valence-electron chi connectivity index (χ1n) is 14.6. The van der Waals surface area contributed by atoms with E-state index in [1.165, 1.54) is 148 Å². The summed E-state index contributed by atoms with van der Waals surface area (Å²) in [4.78, 5) is 2.00. The molecule has 0 aliphatic carbocycles. The van der Waals surface area contributed by atoms with Crippen molar-refractivity contribution in [1.82, 2.24) is 4.90 Å². The first kappa shape index (κ1) is 33.1. The molecule has 1 nitrogen and oxygen atoms in total. The van der Waals surface area contributed by atoms with Crippen molar-refractivity contribution >= 4 is 0 Å². The van der Waals surface area contributed by atoms with Gasteiger partial charge in [-0.1, -0.05) is 168 Å². The van der Waals surface area contributed by atoms with Crippen molar-refractivity contribution in [3.05, 3.63) is 0 Å². The van der Waals surface area contributed by atoms with Gasteiger partial charge in [-0.05, 0) is 27.1 Å². The quantitative estimate of drug-likeness (QED) is 0.143. The third-order valence-electron chi connectivity index (χ3n) is 6.35. The van der Waals surface area contributed by atoms with Crippen LogP contribution in [0.3, 0.4) is 0 Å². The standard InChI is InChI=1S/C27H56.C3H9N/c1-4-6-8-10-12-14-16-18-20-22-24-26-27(3)25-23-21-19-17-15-13-11-9-7-5-2;1-4(2)3/h27H,4-26H2,1-3H3;1-3H3. The van der Waals surface area contributed by atoms with Gasteiger partial charge in [0.05, 0.1) is 0 Å². The van der Waals surface area contributed by atoms with E-state index < -0.39 is 0 Å². The Morgan fingerprint density at radius 1 is 0.387 bits per heavy atom. The molecule has 31 heavy (non-hydrogen) atoms. The Hall–Kier alpha value is -0.0400. The van der Waals surface area contributed by atoms with E-state index in [9.17, 15) is 0 Å². The average molecular weight is 440 g/mol. The van der Waals surface area contributed by atoms with Crippen molar-refractivity contribution < 1.29 is 0 Å². The second-order valence-electron chi connectivity index (χ2n) is 10.7. The first-order chi connectivity index (χ1) is 15.0. The molecule has 190 valence electrons. The monoisotopic (exact) mass is 440 g/mol. The van der Waals surface area contributed by atoms with Crippen LogP contribution >= 0.6 is 0 Å². The number of rotatable bonds is 23. The van der Waals surface area contributed by atoms with Crippen LogP contribution in [0.15, 0.2) is 0 Å². The second-order valence-corrected chi connectivity index (χ2v) is 10.7. The van der Waals surface area contributed by atoms with Gasteiger partial charge in [0.15, 0.2) is 0 Å². The number of hydrogen-bond donors (Lipinski definition) is 0. The number of unbranched alkanes of at least 4 members (excludes halogenated alkanes) is 19. The van der Waals surface area contributed by atoms with Crippen LogP contribution in [0.4, 0.5) is 0 Å². The molecule has 0 fully saturated rings. The molecule has 0 rings (SSSR count). The molecular formula is C30H65N. The van der Waals surface area contributed by atoms with Crippen LogP contribution in [0.1, 0.15) is 168 Å². The lowest BCUT2D eigenvalue weighted by Crippen LogP contribution is -1.99. The second kappa shape index (κ2) is 30.0. The highest BCUT2D eigenvalue weighted by Gasteiger charge is 2.02. The Morgan fingerprint density at radius 3 is 0.806 bits per heavy atom. The van der Waals surface area contributed by atoms with Gasteiger partial charge in [-0.25, -0.2) is 0 Å². The van der Waals surface area contributed by atoms with Gasteiger partial charge in [-0.3, -0.25) is 0 Å². The van der Waals surface area contributed by atoms with E-state index in [1.807, 2.05) is 26.0 Å². The molecule has 1 atom stereocenters. The molecule has 0 aliphatic heterocycles. The van der Waals surface area contributed by atoms with Crippen molar-refractivity contribution in [3.63, 3.8) is 0 Å². The largest absolute Gasteiger partial charge is 0.312 e. The first-order valence-corrected chi connectivity index (χ1v) is 14.6. The van der Waals surface area contributed by atoms with E-state index in [0.29, 0.717) is 0 Å². The fraction of sp³-hybridized carbons (Fsp3) is 1.00. The zero-order valence-corrected chi connectivity index (χ0v) is 23.3. The van der Waals surface area contributed by atoms with Gasteiger partial charge < -0.3 is 4.90 Å². The van der Waals surface area contributed by atoms with Crippen molar-refractivity contribution in [2.24, 2.45) is 5.92 Å². The Morgan fingerprint density at radius 2 is 0.581 bits per heavy atom. The van der Waals surface area contributed by atoms with Crippen molar-refractivity contribution in [3.8, 4) is 0 Å². The fourth-order valence-corrected chi connectivity index (χ4v) is 4.28. The van der Waals surface area contributed by atoms with Gasteiger partial charge >= 0.3 is 0 Å². The summed E-state index contributed by atoms with van der Waals surface area (Å²) in [6.45, 7) is 7.10. The molecule has 0 aromatic carbocycles. The zero-order valence-electron chi connectivity index (χ0n) is 23.3. The summed E-state index contributed by atoms with van der Waals surface area (Å²) in [6, 6.07) is 0. The van der Waals surface area contributed by atoms with Gasteiger partial charge in [0.1, 0.15) is 0 Å². The fourth-order valence-electron chi connectivity index (χ4n) is 4.28. The predicted molar refractivity (Wildman–Crippen MR) is 146 cm³/mol. The van der Waals surface area contributed by atoms with E-state index in [2.05, 4.69) is 20.8 Å². The molecule has 0 aliphatic rings. The highest BCUT2D eigenvalue weighted by atomic mass is 15.0. The van der Waals surface area contributed by atoms with Gasteiger partial charge in [-0.15, -0.1) is 0 Å². The summed E-state index contributed by atoms with van der Waals surface area (Å²) in [5.74, 6) is 0.970. The van der Waals surface area contributed by atoms with Crippen LogP contribution in [0.5, 0.6) is 0 Å². The third-order valence-corrected chi connectivity index (χ3v) is 6.35. The van der Waals surface area contributed by atoms with E-state index >= 15 is 0 Å². The Kier molecular flexibility index (Phi) is 32.0. The van der Waals surface area contributed by atoms with Gasteiger partial charge in [0, 0.05) is 0 Å². The minimum Gasteiger partial charge on any atom is -0.312 e. The molecule has 1 heteroatoms. The Labute approximate surface area is 200 Å². The van der Waals surface area contributed by atoms with E-state index in [1.54, 1.807) is 0 Å². The molecule has 0 saturated carbocycles. The maximum Gasteiger partial charge on any atom is -0.0140 e. The molecule has 0 amide bonds. The van der Waals surface area contributed by atoms with Crippen LogP contribution in [-0.4, -0.2) is 26.0 Å². The van der Waals surface area contributed by atoms with Gasteiger partial charge in [0.2, 0.25) is 0 Å². The van der Waals surface area contributed by atoms with Gasteiger partial charge in [-0.2, -0.15) is 0 Å². The SMILES string of the molecule is CCCCCCCCCCCCCC(C)CCCCCCCCCCCC.CN(C)C. The maximum atomic E-state index is 2.49. The summed E-state index contributed by atoms with van der Waals surface area (Å²) < 4.78 is 0. The molecule has 0 aromatic rings. The molecule has 0 heterocycles. The summed E-state index contributed by atoms with van der Waals surface area (Å²) >= 11 is 0. The van der Waals surface area contributed by atoms with Crippen LogP contribution < -0.4 is 0 Å². The lowest BCUT2D eigenvalue weighted by molar-refractivity contribution is 0.429. The van der Waals surface area contributed by atoms with Crippen molar-refractivity contribution in [2.75, 3.05) is 21.1 Å². The lowest BCUT2D eigenvalue weighted by Gasteiger charge is -2.11. The highest BCUT2D eigenvalue weighted by Crippen LogP contribution is 2.19. The molecular weight excluding hydrogens is 374 g/mol. The minimum atomic E-state index is 0.970. The van der Waals surface area contributed by atoms with Crippen molar-refractivity contribution in [1.29, 1.82) is 0 Å². The smallest absolute Gasteiger partial charge is 0.0140 e. The van der Waals surface area contributed by atoms with Crippen LogP contribution in [-0.2, 0) is 0 Å². The minimum absolute atomic E-state index is 0.970. The number of nitrogens with zero attached hydrogens (tertiary/aromatic N) is 1. The molecule has 0 radical (unpaired) electrons. The summed E-state index contributed by atoms with van der Waals surface area (Å²) in [5.41, 5.74) is 0. The van der Waals surface area contributed by atoms with Crippen LogP contribution in [0.2, 0.25) is 0 Å². The predicted octanol–water partition coefficient (Wildman–Crippen LogP) is 10.8. The number of hydrogen-bond acceptors (Lipinski definition) is 1.